The first-order chi connectivity index (χ1) is 9.84. The number of rotatable bonds is 2. The van der Waals surface area contributed by atoms with Gasteiger partial charge < -0.3 is 8.83 Å². The van der Waals surface area contributed by atoms with Crippen LogP contribution in [0, 0.1) is 10.1 Å². The minimum Gasteiger partial charge on any atom is -0.451 e. The maximum Gasteiger partial charge on any atom is 0.283 e. The molecule has 21 heavy (non-hydrogen) atoms. The fourth-order valence-electron chi connectivity index (χ4n) is 1.69. The number of nitro benzene ring substituents is 1. The molecular formula is C11H4Cl3N3O4. The molecular weight excluding hydrogens is 344 g/mol. The summed E-state index contributed by atoms with van der Waals surface area (Å²) in [7, 11) is 0. The van der Waals surface area contributed by atoms with Gasteiger partial charge in [-0.15, -0.1) is 10.2 Å². The topological polar surface area (TPSA) is 95.2 Å². The second kappa shape index (κ2) is 4.87. The molecule has 1 aromatic carbocycles. The molecule has 0 unspecified atom stereocenters. The minimum absolute atomic E-state index is 0.00942. The van der Waals surface area contributed by atoms with Crippen molar-refractivity contribution in [2.45, 2.75) is 3.79 Å². The predicted molar refractivity (Wildman–Crippen MR) is 75.4 cm³/mol. The lowest BCUT2D eigenvalue weighted by atomic mass is 10.2. The molecule has 0 fully saturated rings. The Kier molecular flexibility index (Phi) is 3.27. The zero-order chi connectivity index (χ0) is 15.2. The van der Waals surface area contributed by atoms with Crippen molar-refractivity contribution < 1.29 is 13.8 Å². The van der Waals surface area contributed by atoms with Crippen molar-refractivity contribution in [3.05, 3.63) is 40.3 Å². The van der Waals surface area contributed by atoms with Crippen LogP contribution < -0.4 is 0 Å². The molecule has 2 aromatic heterocycles. The Bertz CT molecular complexity index is 837. The lowest BCUT2D eigenvalue weighted by Crippen LogP contribution is -1.99. The fourth-order valence-corrected chi connectivity index (χ4v) is 1.92. The third kappa shape index (κ3) is 2.67. The van der Waals surface area contributed by atoms with Crippen LogP contribution in [0.3, 0.4) is 0 Å². The Morgan fingerprint density at radius 1 is 1.14 bits per heavy atom. The second-order valence-electron chi connectivity index (χ2n) is 4.00. The standard InChI is InChI=1S/C11H4Cl3N3O4/c12-11(13,14)10-16-15-9(21-10)8-4-5-3-6(17(18)19)1-2-7(5)20-8/h1-4H. The first-order valence-electron chi connectivity index (χ1n) is 5.43. The lowest BCUT2D eigenvalue weighted by molar-refractivity contribution is -0.384. The van der Waals surface area contributed by atoms with Crippen molar-refractivity contribution in [1.29, 1.82) is 0 Å². The van der Waals surface area contributed by atoms with Gasteiger partial charge in [0, 0.05) is 17.5 Å². The molecule has 10 heteroatoms. The summed E-state index contributed by atoms with van der Waals surface area (Å²) in [6.07, 6.45) is 0. The van der Waals surface area contributed by atoms with Gasteiger partial charge in [0.25, 0.3) is 21.3 Å². The fraction of sp³-hybridized carbons (Fsp3) is 0.0909. The largest absolute Gasteiger partial charge is 0.451 e. The van der Waals surface area contributed by atoms with Crippen molar-refractivity contribution in [3.63, 3.8) is 0 Å². The van der Waals surface area contributed by atoms with E-state index < -0.39 is 8.72 Å². The van der Waals surface area contributed by atoms with E-state index in [1.807, 2.05) is 0 Å². The Hall–Kier alpha value is -1.83. The molecule has 0 aliphatic rings. The maximum absolute atomic E-state index is 10.7. The van der Waals surface area contributed by atoms with E-state index in [0.29, 0.717) is 11.0 Å². The molecule has 0 radical (unpaired) electrons. The first-order valence-corrected chi connectivity index (χ1v) is 6.57. The van der Waals surface area contributed by atoms with E-state index >= 15 is 0 Å². The molecule has 0 bridgehead atoms. The minimum atomic E-state index is -1.84. The lowest BCUT2D eigenvalue weighted by Gasteiger charge is -2.01. The summed E-state index contributed by atoms with van der Waals surface area (Å²) in [4.78, 5) is 10.2. The highest BCUT2D eigenvalue weighted by atomic mass is 35.6. The molecule has 0 spiro atoms. The SMILES string of the molecule is O=[N+]([O-])c1ccc2oc(-c3nnc(C(Cl)(Cl)Cl)o3)cc2c1. The average Bonchev–Trinajstić information content (AvgIpc) is 3.03. The number of hydrogen-bond acceptors (Lipinski definition) is 6. The van der Waals surface area contributed by atoms with Crippen molar-refractivity contribution in [2.75, 3.05) is 0 Å². The number of fused-ring (bicyclic) bond motifs is 1. The number of furan rings is 1. The summed E-state index contributed by atoms with van der Waals surface area (Å²) >= 11 is 16.9. The highest BCUT2D eigenvalue weighted by Gasteiger charge is 2.31. The second-order valence-corrected chi connectivity index (χ2v) is 6.28. The molecule has 0 saturated carbocycles. The summed E-state index contributed by atoms with van der Waals surface area (Å²) in [5.74, 6) is 0.0302. The van der Waals surface area contributed by atoms with Crippen molar-refractivity contribution in [1.82, 2.24) is 10.2 Å². The number of aromatic nitrogens is 2. The molecule has 3 aromatic rings. The van der Waals surface area contributed by atoms with Gasteiger partial charge >= 0.3 is 0 Å². The monoisotopic (exact) mass is 347 g/mol. The van der Waals surface area contributed by atoms with Crippen LogP contribution in [0.15, 0.2) is 33.1 Å². The normalized spacial score (nSPS) is 12.0. The van der Waals surface area contributed by atoms with Gasteiger partial charge in [0.05, 0.1) is 4.92 Å². The zero-order valence-electron chi connectivity index (χ0n) is 9.92. The molecule has 108 valence electrons. The summed E-state index contributed by atoms with van der Waals surface area (Å²) in [6.45, 7) is 0. The Labute approximate surface area is 131 Å². The van der Waals surface area contributed by atoms with E-state index in [9.17, 15) is 10.1 Å². The molecule has 0 aliphatic carbocycles. The van der Waals surface area contributed by atoms with Crippen LogP contribution in [-0.2, 0) is 3.79 Å². The number of non-ortho nitro benzene ring substituents is 1. The molecule has 0 N–H and O–H groups in total. The molecule has 7 nitrogen and oxygen atoms in total. The summed E-state index contributed by atoms with van der Waals surface area (Å²) < 4.78 is 8.83. The van der Waals surface area contributed by atoms with Crippen LogP contribution in [0.2, 0.25) is 0 Å². The predicted octanol–water partition coefficient (Wildman–Crippen LogP) is 4.22. The number of nitrogens with zero attached hydrogens (tertiary/aromatic N) is 3. The summed E-state index contributed by atoms with van der Waals surface area (Å²) in [5, 5.41) is 18.6. The number of alkyl halides is 3. The quantitative estimate of drug-likeness (QED) is 0.391. The third-order valence-electron chi connectivity index (χ3n) is 2.59. The van der Waals surface area contributed by atoms with Crippen LogP contribution in [0.5, 0.6) is 0 Å². The third-order valence-corrected chi connectivity index (χ3v) is 3.07. The van der Waals surface area contributed by atoms with E-state index in [2.05, 4.69) is 10.2 Å². The summed E-state index contributed by atoms with van der Waals surface area (Å²) in [5.41, 5.74) is 0.381. The Balaban J connectivity index is 2.05. The Morgan fingerprint density at radius 2 is 1.90 bits per heavy atom. The van der Waals surface area contributed by atoms with Crippen molar-refractivity contribution in [2.24, 2.45) is 0 Å². The molecule has 0 atom stereocenters. The van der Waals surface area contributed by atoms with Gasteiger partial charge in [-0.1, -0.05) is 34.8 Å². The van der Waals surface area contributed by atoms with E-state index in [1.165, 1.54) is 24.3 Å². The molecule has 2 heterocycles. The van der Waals surface area contributed by atoms with Gasteiger partial charge in [0.15, 0.2) is 5.76 Å². The van der Waals surface area contributed by atoms with E-state index in [0.717, 1.165) is 0 Å². The molecule has 0 aliphatic heterocycles. The maximum atomic E-state index is 10.7. The van der Waals surface area contributed by atoms with Gasteiger partial charge in [-0.2, -0.15) is 0 Å². The van der Waals surface area contributed by atoms with E-state index in [4.69, 9.17) is 43.6 Å². The number of halogens is 3. The number of benzene rings is 1. The summed E-state index contributed by atoms with van der Waals surface area (Å²) in [6, 6.07) is 5.70. The van der Waals surface area contributed by atoms with E-state index in [1.54, 1.807) is 0 Å². The van der Waals surface area contributed by atoms with Crippen molar-refractivity contribution in [3.8, 4) is 11.7 Å². The van der Waals surface area contributed by atoms with Crippen LogP contribution in [0.4, 0.5) is 5.69 Å². The highest BCUT2D eigenvalue weighted by Crippen LogP contribution is 2.38. The number of hydrogen-bond donors (Lipinski definition) is 0. The van der Waals surface area contributed by atoms with Gasteiger partial charge in [-0.05, 0) is 12.1 Å². The van der Waals surface area contributed by atoms with E-state index in [-0.39, 0.29) is 23.2 Å². The molecule has 0 saturated heterocycles. The van der Waals surface area contributed by atoms with Crippen LogP contribution in [0.25, 0.3) is 22.6 Å². The van der Waals surface area contributed by atoms with Crippen LogP contribution in [-0.4, -0.2) is 15.1 Å². The van der Waals surface area contributed by atoms with Crippen LogP contribution in [0.1, 0.15) is 5.89 Å². The number of nitro groups is 1. The van der Waals surface area contributed by atoms with Gasteiger partial charge in [0.2, 0.25) is 0 Å². The van der Waals surface area contributed by atoms with Gasteiger partial charge in [-0.25, -0.2) is 0 Å². The van der Waals surface area contributed by atoms with Crippen molar-refractivity contribution >= 4 is 51.5 Å². The zero-order valence-corrected chi connectivity index (χ0v) is 12.2. The first kappa shape index (κ1) is 14.1. The van der Waals surface area contributed by atoms with Gasteiger partial charge in [0.1, 0.15) is 5.58 Å². The molecule has 3 rings (SSSR count). The Morgan fingerprint density at radius 3 is 2.52 bits per heavy atom. The van der Waals surface area contributed by atoms with Crippen LogP contribution >= 0.6 is 34.8 Å². The smallest absolute Gasteiger partial charge is 0.283 e. The highest BCUT2D eigenvalue weighted by molar-refractivity contribution is 6.66. The molecule has 0 amide bonds. The average molecular weight is 349 g/mol. The van der Waals surface area contributed by atoms with Gasteiger partial charge in [-0.3, -0.25) is 10.1 Å².